The van der Waals surface area contributed by atoms with E-state index in [2.05, 4.69) is 21.3 Å². The minimum atomic E-state index is -0.523. The summed E-state index contributed by atoms with van der Waals surface area (Å²) in [5.74, 6) is -0.0879. The third kappa shape index (κ3) is 6.11. The second-order valence-electron chi connectivity index (χ2n) is 10.4. The maximum atomic E-state index is 13.3. The van der Waals surface area contributed by atoms with E-state index in [-0.39, 0.29) is 11.8 Å². The maximum Gasteiger partial charge on any atom is 0.407 e. The summed E-state index contributed by atoms with van der Waals surface area (Å²) in [6, 6.07) is 14.0. The van der Waals surface area contributed by atoms with Crippen LogP contribution in [0.3, 0.4) is 0 Å². The summed E-state index contributed by atoms with van der Waals surface area (Å²) < 4.78 is 5.31. The Hall–Kier alpha value is -3.68. The molecule has 1 fully saturated rings. The summed E-state index contributed by atoms with van der Waals surface area (Å²) in [5, 5.41) is 3.89. The number of rotatable bonds is 6. The fourth-order valence-corrected chi connectivity index (χ4v) is 4.57. The first-order chi connectivity index (χ1) is 17.1. The van der Waals surface area contributed by atoms with Crippen LogP contribution in [0.25, 0.3) is 10.9 Å². The molecule has 1 unspecified atom stereocenters. The number of alkyl carbamates (subject to hydrolysis) is 1. The molecule has 0 spiro atoms. The molecule has 1 aliphatic rings. The summed E-state index contributed by atoms with van der Waals surface area (Å²) in [5.41, 5.74) is 10.3. The second kappa shape index (κ2) is 10.5. The van der Waals surface area contributed by atoms with Crippen molar-refractivity contribution in [3.63, 3.8) is 0 Å². The van der Waals surface area contributed by atoms with Gasteiger partial charge < -0.3 is 30.6 Å². The summed E-state index contributed by atoms with van der Waals surface area (Å²) in [7, 11) is 0. The first-order valence-corrected chi connectivity index (χ1v) is 12.6. The number of benzene rings is 2. The number of amides is 2. The topological polar surface area (TPSA) is 104 Å². The van der Waals surface area contributed by atoms with Crippen LogP contribution in [-0.4, -0.2) is 60.2 Å². The number of carbonyl (C=O) groups is 2. The van der Waals surface area contributed by atoms with Crippen molar-refractivity contribution < 1.29 is 14.3 Å². The van der Waals surface area contributed by atoms with Gasteiger partial charge in [0, 0.05) is 61.2 Å². The summed E-state index contributed by atoms with van der Waals surface area (Å²) >= 11 is 0. The van der Waals surface area contributed by atoms with Gasteiger partial charge in [0.1, 0.15) is 5.60 Å². The number of anilines is 2. The van der Waals surface area contributed by atoms with Crippen molar-refractivity contribution in [1.29, 1.82) is 0 Å². The average Bonchev–Trinajstić information content (AvgIpc) is 3.25. The summed E-state index contributed by atoms with van der Waals surface area (Å²) in [6.45, 7) is 11.0. The average molecular weight is 492 g/mol. The van der Waals surface area contributed by atoms with E-state index in [0.29, 0.717) is 26.1 Å². The first-order valence-electron chi connectivity index (χ1n) is 12.6. The van der Waals surface area contributed by atoms with E-state index in [4.69, 9.17) is 10.5 Å². The zero-order valence-corrected chi connectivity index (χ0v) is 21.6. The highest BCUT2D eigenvalue weighted by molar-refractivity contribution is 5.88. The van der Waals surface area contributed by atoms with Gasteiger partial charge in [0.25, 0.3) is 0 Å². The Kier molecular flexibility index (Phi) is 7.43. The van der Waals surface area contributed by atoms with E-state index < -0.39 is 11.7 Å². The van der Waals surface area contributed by atoms with Crippen molar-refractivity contribution in [2.45, 2.75) is 45.6 Å². The molecule has 1 atom stereocenters. The van der Waals surface area contributed by atoms with Crippen LogP contribution >= 0.6 is 0 Å². The molecule has 1 aromatic heterocycles. The van der Waals surface area contributed by atoms with E-state index in [1.165, 1.54) is 0 Å². The number of nitrogens with one attached hydrogen (secondary N) is 2. The Labute approximate surface area is 212 Å². The smallest absolute Gasteiger partial charge is 0.407 e. The number of carbonyl (C=O) groups excluding carboxylic acids is 2. The van der Waals surface area contributed by atoms with Gasteiger partial charge in [-0.25, -0.2) is 4.79 Å². The van der Waals surface area contributed by atoms with E-state index in [0.717, 1.165) is 46.5 Å². The van der Waals surface area contributed by atoms with Crippen LogP contribution in [0.15, 0.2) is 48.7 Å². The molecule has 36 heavy (non-hydrogen) atoms. The second-order valence-corrected chi connectivity index (χ2v) is 10.4. The predicted octanol–water partition coefficient (Wildman–Crippen LogP) is 4.27. The molecule has 2 aromatic carbocycles. The standard InChI is InChI=1S/C28H37N5O3/c1-19(26(34)33-15-13-32(14-16-33)23-8-6-22(29)7-9-23)20-5-10-25-24(17-20)21(18-31-25)11-12-30-27(35)36-28(2,3)4/h5-10,17-19,31H,11-16,29H2,1-4H3,(H,30,35). The van der Waals surface area contributed by atoms with E-state index in [9.17, 15) is 9.59 Å². The normalized spacial score (nSPS) is 15.1. The molecule has 2 amide bonds. The molecule has 1 aliphatic heterocycles. The first kappa shape index (κ1) is 25.4. The number of nitrogens with zero attached hydrogens (tertiary/aromatic N) is 2. The third-order valence-electron chi connectivity index (χ3n) is 6.57. The van der Waals surface area contributed by atoms with Gasteiger partial charge in [-0.3, -0.25) is 4.79 Å². The lowest BCUT2D eigenvalue weighted by molar-refractivity contribution is -0.132. The molecular formula is C28H37N5O3. The van der Waals surface area contributed by atoms with Crippen molar-refractivity contribution in [2.24, 2.45) is 0 Å². The number of piperazine rings is 1. The maximum absolute atomic E-state index is 13.3. The largest absolute Gasteiger partial charge is 0.444 e. The van der Waals surface area contributed by atoms with Gasteiger partial charge in [0.15, 0.2) is 0 Å². The number of H-pyrrole nitrogens is 1. The van der Waals surface area contributed by atoms with Gasteiger partial charge in [-0.05, 0) is 81.6 Å². The molecule has 0 aliphatic carbocycles. The van der Waals surface area contributed by atoms with Crippen LogP contribution in [0.1, 0.15) is 44.7 Å². The molecule has 3 aromatic rings. The van der Waals surface area contributed by atoms with Gasteiger partial charge in [-0.15, -0.1) is 0 Å². The Balaban J connectivity index is 1.36. The Bertz CT molecular complexity index is 1200. The minimum Gasteiger partial charge on any atom is -0.444 e. The highest BCUT2D eigenvalue weighted by Crippen LogP contribution is 2.27. The van der Waals surface area contributed by atoms with Gasteiger partial charge in [0.05, 0.1) is 5.92 Å². The quantitative estimate of drug-likeness (QED) is 0.447. The Morgan fingerprint density at radius 3 is 2.44 bits per heavy atom. The highest BCUT2D eigenvalue weighted by Gasteiger charge is 2.26. The number of nitrogens with two attached hydrogens (primary N) is 1. The lowest BCUT2D eigenvalue weighted by Crippen LogP contribution is -2.49. The predicted molar refractivity (Wildman–Crippen MR) is 144 cm³/mol. The third-order valence-corrected chi connectivity index (χ3v) is 6.57. The molecule has 0 bridgehead atoms. The molecule has 1 saturated heterocycles. The number of ether oxygens (including phenoxy) is 1. The van der Waals surface area contributed by atoms with Crippen LogP contribution in [0.5, 0.6) is 0 Å². The molecule has 192 valence electrons. The van der Waals surface area contributed by atoms with Crippen molar-refractivity contribution in [1.82, 2.24) is 15.2 Å². The van der Waals surface area contributed by atoms with Crippen LogP contribution in [0.2, 0.25) is 0 Å². The summed E-state index contributed by atoms with van der Waals surface area (Å²) in [6.07, 6.45) is 2.21. The van der Waals surface area contributed by atoms with Gasteiger partial charge >= 0.3 is 6.09 Å². The van der Waals surface area contributed by atoms with Crippen LogP contribution < -0.4 is 16.0 Å². The van der Waals surface area contributed by atoms with Gasteiger partial charge in [-0.1, -0.05) is 6.07 Å². The number of hydrogen-bond acceptors (Lipinski definition) is 5. The molecule has 8 nitrogen and oxygen atoms in total. The van der Waals surface area contributed by atoms with Crippen LogP contribution in [0.4, 0.5) is 16.2 Å². The van der Waals surface area contributed by atoms with E-state index >= 15 is 0 Å². The molecule has 0 radical (unpaired) electrons. The lowest BCUT2D eigenvalue weighted by Gasteiger charge is -2.37. The number of aromatic nitrogens is 1. The van der Waals surface area contributed by atoms with Crippen molar-refractivity contribution in [3.8, 4) is 0 Å². The highest BCUT2D eigenvalue weighted by atomic mass is 16.6. The number of aromatic amines is 1. The van der Waals surface area contributed by atoms with E-state index in [1.807, 2.05) is 75.2 Å². The monoisotopic (exact) mass is 491 g/mol. The molecule has 0 saturated carbocycles. The fourth-order valence-electron chi connectivity index (χ4n) is 4.57. The number of hydrogen-bond donors (Lipinski definition) is 3. The minimum absolute atomic E-state index is 0.148. The van der Waals surface area contributed by atoms with Gasteiger partial charge in [-0.2, -0.15) is 0 Å². The lowest BCUT2D eigenvalue weighted by atomic mass is 9.96. The molecular weight excluding hydrogens is 454 g/mol. The molecule has 8 heteroatoms. The zero-order chi connectivity index (χ0) is 25.9. The van der Waals surface area contributed by atoms with Gasteiger partial charge in [0.2, 0.25) is 5.91 Å². The fraction of sp³-hybridized carbons (Fsp3) is 0.429. The number of fused-ring (bicyclic) bond motifs is 1. The molecule has 2 heterocycles. The van der Waals surface area contributed by atoms with Crippen molar-refractivity contribution >= 4 is 34.3 Å². The number of nitrogen functional groups attached to an aromatic ring is 1. The van der Waals surface area contributed by atoms with E-state index in [1.54, 1.807) is 0 Å². The van der Waals surface area contributed by atoms with Crippen LogP contribution in [0, 0.1) is 0 Å². The van der Waals surface area contributed by atoms with Crippen molar-refractivity contribution in [3.05, 3.63) is 59.8 Å². The Morgan fingerprint density at radius 1 is 1.08 bits per heavy atom. The SMILES string of the molecule is CC(C(=O)N1CCN(c2ccc(N)cc2)CC1)c1ccc2[nH]cc(CCNC(=O)OC(C)(C)C)c2c1. The van der Waals surface area contributed by atoms with Crippen LogP contribution in [-0.2, 0) is 16.0 Å². The summed E-state index contributed by atoms with van der Waals surface area (Å²) in [4.78, 5) is 32.8. The molecule has 4 rings (SSSR count). The molecule has 4 N–H and O–H groups in total. The van der Waals surface area contributed by atoms with Crippen molar-refractivity contribution in [2.75, 3.05) is 43.4 Å². The Morgan fingerprint density at radius 2 is 1.78 bits per heavy atom. The zero-order valence-electron chi connectivity index (χ0n) is 21.6.